The fourth-order valence-electron chi connectivity index (χ4n) is 0.944. The van der Waals surface area contributed by atoms with Gasteiger partial charge in [0, 0.05) is 12.3 Å². The van der Waals surface area contributed by atoms with Gasteiger partial charge >= 0.3 is 0 Å². The molecule has 1 aliphatic carbocycles. The molecule has 3 nitrogen and oxygen atoms in total. The van der Waals surface area contributed by atoms with Crippen molar-refractivity contribution in [2.75, 3.05) is 0 Å². The molecule has 0 atom stereocenters. The second-order valence-corrected chi connectivity index (χ2v) is 2.85. The normalized spacial score (nSPS) is 15.7. The Kier molecular flexibility index (Phi) is 1.78. The zero-order chi connectivity index (χ0) is 8.39. The molecule has 1 saturated carbocycles. The van der Waals surface area contributed by atoms with Crippen LogP contribution in [0, 0.1) is 0 Å². The van der Waals surface area contributed by atoms with Crippen LogP contribution < -0.4 is 4.74 Å². The molecule has 0 saturated heterocycles. The number of carbonyl (C=O) groups is 1. The predicted octanol–water partition coefficient (Wildman–Crippen LogP) is 1.44. The molecule has 3 heteroatoms. The van der Waals surface area contributed by atoms with E-state index < -0.39 is 0 Å². The highest BCUT2D eigenvalue weighted by molar-refractivity contribution is 5.72. The van der Waals surface area contributed by atoms with E-state index in [0.717, 1.165) is 24.9 Å². The lowest BCUT2D eigenvalue weighted by molar-refractivity contribution is 0.111. The average Bonchev–Trinajstić information content (AvgIpc) is 2.89. The Labute approximate surface area is 70.4 Å². The van der Waals surface area contributed by atoms with Crippen molar-refractivity contribution in [3.8, 4) is 5.75 Å². The van der Waals surface area contributed by atoms with Gasteiger partial charge in [0.05, 0.1) is 6.10 Å². The first-order valence-electron chi connectivity index (χ1n) is 3.96. The van der Waals surface area contributed by atoms with E-state index >= 15 is 0 Å². The van der Waals surface area contributed by atoms with Crippen molar-refractivity contribution >= 4 is 6.29 Å². The molecule has 0 bridgehead atoms. The van der Waals surface area contributed by atoms with E-state index in [4.69, 9.17) is 4.74 Å². The third kappa shape index (κ3) is 1.61. The summed E-state index contributed by atoms with van der Waals surface area (Å²) in [6.45, 7) is 0. The van der Waals surface area contributed by atoms with Crippen molar-refractivity contribution in [2.24, 2.45) is 0 Å². The Morgan fingerprint density at radius 1 is 1.58 bits per heavy atom. The first kappa shape index (κ1) is 7.28. The van der Waals surface area contributed by atoms with Crippen molar-refractivity contribution in [3.63, 3.8) is 0 Å². The number of aromatic nitrogens is 1. The monoisotopic (exact) mass is 163 g/mol. The number of nitrogens with zero attached hydrogens (tertiary/aromatic N) is 1. The average molecular weight is 163 g/mol. The van der Waals surface area contributed by atoms with Gasteiger partial charge in [-0.25, -0.2) is 0 Å². The minimum atomic E-state index is 0.368. The molecule has 0 spiro atoms. The molecule has 1 heterocycles. The van der Waals surface area contributed by atoms with Crippen LogP contribution >= 0.6 is 0 Å². The lowest BCUT2D eigenvalue weighted by Crippen LogP contribution is -1.97. The number of ether oxygens (including phenoxy) is 1. The molecule has 12 heavy (non-hydrogen) atoms. The van der Waals surface area contributed by atoms with Gasteiger partial charge in [0.25, 0.3) is 0 Å². The van der Waals surface area contributed by atoms with Crippen LogP contribution in [0.5, 0.6) is 5.75 Å². The molecule has 2 rings (SSSR count). The maximum Gasteiger partial charge on any atom is 0.168 e. The lowest BCUT2D eigenvalue weighted by Gasteiger charge is -2.02. The molecule has 0 N–H and O–H groups in total. The summed E-state index contributed by atoms with van der Waals surface area (Å²) in [4.78, 5) is 14.2. The van der Waals surface area contributed by atoms with Crippen LogP contribution in [0.25, 0.3) is 0 Å². The van der Waals surface area contributed by atoms with E-state index in [9.17, 15) is 4.79 Å². The van der Waals surface area contributed by atoms with Crippen molar-refractivity contribution in [3.05, 3.63) is 24.0 Å². The van der Waals surface area contributed by atoms with E-state index in [-0.39, 0.29) is 0 Å². The van der Waals surface area contributed by atoms with E-state index in [1.165, 1.54) is 0 Å². The Hall–Kier alpha value is -1.38. The summed E-state index contributed by atoms with van der Waals surface area (Å²) in [6.07, 6.45) is 4.92. The number of pyridine rings is 1. The number of hydrogen-bond acceptors (Lipinski definition) is 3. The third-order valence-electron chi connectivity index (χ3n) is 1.70. The molecule has 0 aliphatic heterocycles. The Bertz CT molecular complexity index is 294. The topological polar surface area (TPSA) is 39.2 Å². The fourth-order valence-corrected chi connectivity index (χ4v) is 0.944. The predicted molar refractivity (Wildman–Crippen MR) is 43.3 cm³/mol. The first-order chi connectivity index (χ1) is 5.88. The van der Waals surface area contributed by atoms with Crippen LogP contribution in [0.15, 0.2) is 18.3 Å². The van der Waals surface area contributed by atoms with Crippen LogP contribution in [0.1, 0.15) is 23.3 Å². The van der Waals surface area contributed by atoms with Crippen LogP contribution in [0.3, 0.4) is 0 Å². The molecular weight excluding hydrogens is 154 g/mol. The molecular formula is C9H9NO2. The summed E-state index contributed by atoms with van der Waals surface area (Å²) >= 11 is 0. The second-order valence-electron chi connectivity index (χ2n) is 2.85. The highest BCUT2D eigenvalue weighted by Crippen LogP contribution is 2.26. The molecule has 1 fully saturated rings. The molecule has 0 amide bonds. The summed E-state index contributed by atoms with van der Waals surface area (Å²) in [7, 11) is 0. The van der Waals surface area contributed by atoms with E-state index in [2.05, 4.69) is 4.98 Å². The SMILES string of the molecule is O=Cc1cc(OC2CC2)ccn1. The number of carbonyl (C=O) groups excluding carboxylic acids is 1. The number of hydrogen-bond donors (Lipinski definition) is 0. The minimum absolute atomic E-state index is 0.368. The zero-order valence-electron chi connectivity index (χ0n) is 6.56. The molecule has 1 aliphatic rings. The summed E-state index contributed by atoms with van der Waals surface area (Å²) in [5, 5.41) is 0. The van der Waals surface area contributed by atoms with Crippen molar-refractivity contribution in [1.29, 1.82) is 0 Å². The van der Waals surface area contributed by atoms with Gasteiger partial charge in [-0.1, -0.05) is 0 Å². The van der Waals surface area contributed by atoms with Gasteiger partial charge in [-0.3, -0.25) is 9.78 Å². The van der Waals surface area contributed by atoms with Gasteiger partial charge in [-0.2, -0.15) is 0 Å². The second kappa shape index (κ2) is 2.93. The zero-order valence-corrected chi connectivity index (χ0v) is 6.56. The molecule has 0 aromatic carbocycles. The summed E-state index contributed by atoms with van der Waals surface area (Å²) in [5.41, 5.74) is 0.424. The molecule has 0 unspecified atom stereocenters. The smallest absolute Gasteiger partial charge is 0.168 e. The maximum absolute atomic E-state index is 10.3. The number of aldehydes is 1. The third-order valence-corrected chi connectivity index (χ3v) is 1.70. The summed E-state index contributed by atoms with van der Waals surface area (Å²) < 4.78 is 5.47. The van der Waals surface area contributed by atoms with E-state index in [0.29, 0.717) is 11.8 Å². The van der Waals surface area contributed by atoms with Gasteiger partial charge in [0.15, 0.2) is 6.29 Å². The maximum atomic E-state index is 10.3. The van der Waals surface area contributed by atoms with Crippen LogP contribution in [0.2, 0.25) is 0 Å². The lowest BCUT2D eigenvalue weighted by atomic mass is 10.3. The first-order valence-corrected chi connectivity index (χ1v) is 3.96. The van der Waals surface area contributed by atoms with Crippen LogP contribution in [0.4, 0.5) is 0 Å². The molecule has 62 valence electrons. The van der Waals surface area contributed by atoms with Gasteiger partial charge in [0.1, 0.15) is 11.4 Å². The van der Waals surface area contributed by atoms with E-state index in [1.54, 1.807) is 18.3 Å². The van der Waals surface area contributed by atoms with Crippen molar-refractivity contribution in [2.45, 2.75) is 18.9 Å². The van der Waals surface area contributed by atoms with E-state index in [1.807, 2.05) is 0 Å². The quantitative estimate of drug-likeness (QED) is 0.633. The van der Waals surface area contributed by atoms with Crippen LogP contribution in [-0.4, -0.2) is 17.4 Å². The Balaban J connectivity index is 2.13. The van der Waals surface area contributed by atoms with Crippen LogP contribution in [-0.2, 0) is 0 Å². The highest BCUT2D eigenvalue weighted by Gasteiger charge is 2.23. The van der Waals surface area contributed by atoms with Crippen molar-refractivity contribution < 1.29 is 9.53 Å². The fraction of sp³-hybridized carbons (Fsp3) is 0.333. The standard InChI is InChI=1S/C9H9NO2/c11-6-7-5-9(3-4-10-7)12-8-1-2-8/h3-6,8H,1-2H2. The minimum Gasteiger partial charge on any atom is -0.490 e. The number of rotatable bonds is 3. The summed E-state index contributed by atoms with van der Waals surface area (Å²) in [6, 6.07) is 3.43. The Morgan fingerprint density at radius 3 is 3.08 bits per heavy atom. The molecule has 1 aromatic rings. The molecule has 1 aromatic heterocycles. The highest BCUT2D eigenvalue weighted by atomic mass is 16.5. The molecule has 0 radical (unpaired) electrons. The summed E-state index contributed by atoms with van der Waals surface area (Å²) in [5.74, 6) is 0.745. The van der Waals surface area contributed by atoms with Crippen molar-refractivity contribution in [1.82, 2.24) is 4.98 Å². The Morgan fingerprint density at radius 2 is 2.42 bits per heavy atom. The van der Waals surface area contributed by atoms with Gasteiger partial charge in [0.2, 0.25) is 0 Å². The van der Waals surface area contributed by atoms with Gasteiger partial charge in [-0.15, -0.1) is 0 Å². The largest absolute Gasteiger partial charge is 0.490 e. The van der Waals surface area contributed by atoms with Gasteiger partial charge in [-0.05, 0) is 18.9 Å². The van der Waals surface area contributed by atoms with Gasteiger partial charge < -0.3 is 4.74 Å².